The van der Waals surface area contributed by atoms with Gasteiger partial charge in [0.15, 0.2) is 0 Å². The topological polar surface area (TPSA) is 21.3 Å². The fourth-order valence-electron chi connectivity index (χ4n) is 2.15. The fourth-order valence-corrected chi connectivity index (χ4v) is 2.64. The third kappa shape index (κ3) is 4.13. The van der Waals surface area contributed by atoms with E-state index in [4.69, 9.17) is 27.9 Å². The Morgan fingerprint density at radius 3 is 2.52 bits per heavy atom. The van der Waals surface area contributed by atoms with Gasteiger partial charge in [0, 0.05) is 11.1 Å². The van der Waals surface area contributed by atoms with Crippen molar-refractivity contribution in [3.05, 3.63) is 57.6 Å². The Hall–Kier alpha value is -1.22. The highest BCUT2D eigenvalue weighted by atomic mass is 35.5. The molecule has 0 aliphatic rings. The molecule has 4 heteroatoms. The fraction of sp³-hybridized carbons (Fsp3) is 0.294. The second kappa shape index (κ2) is 7.17. The molecule has 0 aliphatic carbocycles. The van der Waals surface area contributed by atoms with Crippen molar-refractivity contribution in [1.82, 2.24) is 5.32 Å². The van der Waals surface area contributed by atoms with Gasteiger partial charge in [0.25, 0.3) is 0 Å². The summed E-state index contributed by atoms with van der Waals surface area (Å²) in [5.41, 5.74) is 2.15. The van der Waals surface area contributed by atoms with Crippen LogP contribution in [0.4, 0.5) is 0 Å². The summed E-state index contributed by atoms with van der Waals surface area (Å²) >= 11 is 12.5. The van der Waals surface area contributed by atoms with Crippen molar-refractivity contribution >= 4 is 23.2 Å². The van der Waals surface area contributed by atoms with Gasteiger partial charge >= 0.3 is 0 Å². The molecule has 0 amide bonds. The van der Waals surface area contributed by atoms with Gasteiger partial charge in [0.1, 0.15) is 11.5 Å². The summed E-state index contributed by atoms with van der Waals surface area (Å²) < 4.78 is 5.83. The average molecular weight is 324 g/mol. The summed E-state index contributed by atoms with van der Waals surface area (Å²) in [6.07, 6.45) is 0. The average Bonchev–Trinajstić information content (AvgIpc) is 2.43. The van der Waals surface area contributed by atoms with E-state index in [9.17, 15) is 0 Å². The highest BCUT2D eigenvalue weighted by molar-refractivity contribution is 6.32. The van der Waals surface area contributed by atoms with Gasteiger partial charge in [-0.2, -0.15) is 0 Å². The van der Waals surface area contributed by atoms with Gasteiger partial charge < -0.3 is 10.1 Å². The zero-order valence-corrected chi connectivity index (χ0v) is 13.9. The minimum Gasteiger partial charge on any atom is -0.456 e. The van der Waals surface area contributed by atoms with Crippen molar-refractivity contribution in [2.24, 2.45) is 0 Å². The summed E-state index contributed by atoms with van der Waals surface area (Å²) in [6, 6.07) is 11.6. The predicted octanol–water partition coefficient (Wildman–Crippen LogP) is 5.76. The van der Waals surface area contributed by atoms with Crippen LogP contribution in [0, 0.1) is 6.92 Å². The number of nitrogens with one attached hydrogen (secondary N) is 1. The number of aryl methyl sites for hydroxylation is 1. The molecule has 112 valence electrons. The second-order valence-electron chi connectivity index (χ2n) is 5.00. The van der Waals surface area contributed by atoms with Crippen LogP contribution in [0.5, 0.6) is 11.5 Å². The first-order valence-electron chi connectivity index (χ1n) is 6.98. The summed E-state index contributed by atoms with van der Waals surface area (Å²) in [7, 11) is 0. The van der Waals surface area contributed by atoms with E-state index in [1.165, 1.54) is 0 Å². The van der Waals surface area contributed by atoms with Crippen LogP contribution in [0.3, 0.4) is 0 Å². The van der Waals surface area contributed by atoms with Crippen molar-refractivity contribution in [3.8, 4) is 11.5 Å². The first kappa shape index (κ1) is 16.2. The Morgan fingerprint density at radius 1 is 1.10 bits per heavy atom. The Labute approximate surface area is 136 Å². The Kier molecular flexibility index (Phi) is 5.51. The van der Waals surface area contributed by atoms with Crippen LogP contribution in [-0.4, -0.2) is 6.54 Å². The molecule has 1 atom stereocenters. The lowest BCUT2D eigenvalue weighted by Gasteiger charge is -2.16. The van der Waals surface area contributed by atoms with E-state index in [2.05, 4.69) is 19.2 Å². The molecule has 21 heavy (non-hydrogen) atoms. The van der Waals surface area contributed by atoms with Crippen LogP contribution in [0.2, 0.25) is 10.0 Å². The molecule has 0 saturated heterocycles. The molecule has 2 nitrogen and oxygen atoms in total. The van der Waals surface area contributed by atoms with E-state index in [1.54, 1.807) is 0 Å². The number of benzene rings is 2. The van der Waals surface area contributed by atoms with Gasteiger partial charge in [-0.3, -0.25) is 0 Å². The smallest absolute Gasteiger partial charge is 0.146 e. The van der Waals surface area contributed by atoms with E-state index in [1.807, 2.05) is 43.3 Å². The van der Waals surface area contributed by atoms with E-state index in [-0.39, 0.29) is 6.04 Å². The van der Waals surface area contributed by atoms with Crippen molar-refractivity contribution in [2.75, 3.05) is 6.54 Å². The maximum atomic E-state index is 6.34. The Bertz CT molecular complexity index is 628. The summed E-state index contributed by atoms with van der Waals surface area (Å²) in [5, 5.41) is 4.61. The molecule has 0 aromatic heterocycles. The second-order valence-corrected chi connectivity index (χ2v) is 5.81. The lowest BCUT2D eigenvalue weighted by atomic mass is 10.1. The quantitative estimate of drug-likeness (QED) is 0.754. The molecule has 2 aromatic rings. The number of rotatable bonds is 5. The summed E-state index contributed by atoms with van der Waals surface area (Å²) in [4.78, 5) is 0. The molecule has 0 fully saturated rings. The third-order valence-electron chi connectivity index (χ3n) is 3.26. The van der Waals surface area contributed by atoms with E-state index in [0.717, 1.165) is 17.7 Å². The zero-order chi connectivity index (χ0) is 15.4. The van der Waals surface area contributed by atoms with E-state index < -0.39 is 0 Å². The molecule has 0 heterocycles. The number of halogens is 2. The van der Waals surface area contributed by atoms with Crippen LogP contribution in [0.15, 0.2) is 36.4 Å². The first-order chi connectivity index (χ1) is 10.0. The molecule has 2 rings (SSSR count). The monoisotopic (exact) mass is 323 g/mol. The molecule has 1 N–H and O–H groups in total. The summed E-state index contributed by atoms with van der Waals surface area (Å²) in [6.45, 7) is 7.05. The van der Waals surface area contributed by atoms with Crippen LogP contribution < -0.4 is 10.1 Å². The maximum absolute atomic E-state index is 6.34. The van der Waals surface area contributed by atoms with Gasteiger partial charge in [0.2, 0.25) is 0 Å². The largest absolute Gasteiger partial charge is 0.456 e. The molecule has 0 spiro atoms. The molecule has 0 aliphatic heterocycles. The predicted molar refractivity (Wildman–Crippen MR) is 89.8 cm³/mol. The highest BCUT2D eigenvalue weighted by Gasteiger charge is 2.10. The maximum Gasteiger partial charge on any atom is 0.146 e. The number of hydrogen-bond donors (Lipinski definition) is 1. The van der Waals surface area contributed by atoms with Gasteiger partial charge in [-0.15, -0.1) is 0 Å². The van der Waals surface area contributed by atoms with Crippen LogP contribution in [-0.2, 0) is 0 Å². The third-order valence-corrected chi connectivity index (χ3v) is 3.90. The number of hydrogen-bond acceptors (Lipinski definition) is 2. The van der Waals surface area contributed by atoms with E-state index >= 15 is 0 Å². The first-order valence-corrected chi connectivity index (χ1v) is 7.73. The summed E-state index contributed by atoms with van der Waals surface area (Å²) in [5.74, 6) is 1.32. The standard InChI is InChI=1S/C17H19Cl2NO/c1-4-20-12(3)14-7-6-13(10-16(14)19)21-17-9-11(2)5-8-15(17)18/h5-10,12,20H,4H2,1-3H3. The lowest BCUT2D eigenvalue weighted by Crippen LogP contribution is -2.17. The molecule has 0 radical (unpaired) electrons. The van der Waals surface area contributed by atoms with Crippen molar-refractivity contribution < 1.29 is 4.74 Å². The van der Waals surface area contributed by atoms with Crippen molar-refractivity contribution in [1.29, 1.82) is 0 Å². The molecular formula is C17H19Cl2NO. The van der Waals surface area contributed by atoms with Gasteiger partial charge in [0.05, 0.1) is 5.02 Å². The Balaban J connectivity index is 2.22. The minimum absolute atomic E-state index is 0.208. The van der Waals surface area contributed by atoms with Crippen molar-refractivity contribution in [2.45, 2.75) is 26.8 Å². The number of ether oxygens (including phenoxy) is 1. The molecular weight excluding hydrogens is 305 g/mol. The highest BCUT2D eigenvalue weighted by Crippen LogP contribution is 2.33. The molecule has 1 unspecified atom stereocenters. The molecule has 2 aromatic carbocycles. The van der Waals surface area contributed by atoms with Crippen molar-refractivity contribution in [3.63, 3.8) is 0 Å². The van der Waals surface area contributed by atoms with E-state index in [0.29, 0.717) is 21.5 Å². The SMILES string of the molecule is CCNC(C)c1ccc(Oc2cc(C)ccc2Cl)cc1Cl. The normalized spacial score (nSPS) is 12.2. The van der Waals surface area contributed by atoms with Crippen LogP contribution in [0.25, 0.3) is 0 Å². The van der Waals surface area contributed by atoms with Crippen LogP contribution in [0.1, 0.15) is 31.0 Å². The lowest BCUT2D eigenvalue weighted by molar-refractivity contribution is 0.482. The van der Waals surface area contributed by atoms with Gasteiger partial charge in [-0.25, -0.2) is 0 Å². The molecule has 0 bridgehead atoms. The molecule has 0 saturated carbocycles. The Morgan fingerprint density at radius 2 is 1.86 bits per heavy atom. The minimum atomic E-state index is 0.208. The van der Waals surface area contributed by atoms with Gasteiger partial charge in [-0.05, 0) is 55.8 Å². The zero-order valence-electron chi connectivity index (χ0n) is 12.4. The van der Waals surface area contributed by atoms with Crippen LogP contribution >= 0.6 is 23.2 Å². The van der Waals surface area contributed by atoms with Gasteiger partial charge in [-0.1, -0.05) is 42.3 Å².